The Kier molecular flexibility index (Phi) is 15.1. The summed E-state index contributed by atoms with van der Waals surface area (Å²) in [6.45, 7) is 14.1. The quantitative estimate of drug-likeness (QED) is 0.0953. The Hall–Kier alpha value is -4.46. The van der Waals surface area contributed by atoms with Gasteiger partial charge in [0.15, 0.2) is 6.10 Å². The molecule has 4 aliphatic heterocycles. The molecule has 1 saturated carbocycles. The largest absolute Gasteiger partial charge is 0.456 e. The summed E-state index contributed by atoms with van der Waals surface area (Å²) < 4.78 is 48.5. The molecule has 1 spiro atoms. The standard InChI is InChI=1S/C47H67N4O14/c1-28-25-29(2)47-33(26-35(58-8)42(53)62-37(28)31(4)61-45(56)43(54)59-24-21-50-17-15-48(5)16-18-50)13-14-34-36(47)38(30(3)39(40(34)65-47)64-41(52)32-11-9-10-12-32)63-46(57)44(55)60-27-51(7)22-19-49(6)20-23-51/h9-11,13-14,25,28,30-31,33-40H,12,15-24,26-27H2,1-8H3/q+1/b29-25+/t28-,30-,31-,33-,34?,35+,36?,37+,38?,39-,40-,47+/m1/s1. The lowest BCUT2D eigenvalue weighted by atomic mass is 9.57. The van der Waals surface area contributed by atoms with Crippen molar-refractivity contribution in [2.24, 2.45) is 29.6 Å². The van der Waals surface area contributed by atoms with Crippen molar-refractivity contribution in [1.29, 1.82) is 0 Å². The molecule has 4 bridgehead atoms. The summed E-state index contributed by atoms with van der Waals surface area (Å²) in [5, 5.41) is 0. The fourth-order valence-electron chi connectivity index (χ4n) is 10.7. The minimum atomic E-state index is -1.28. The number of ether oxygens (including phenoxy) is 8. The van der Waals surface area contributed by atoms with Gasteiger partial charge in [-0.15, -0.1) is 0 Å². The molecule has 4 heterocycles. The van der Waals surface area contributed by atoms with Gasteiger partial charge >= 0.3 is 35.8 Å². The predicted octanol–water partition coefficient (Wildman–Crippen LogP) is 1.43. The maximum Gasteiger partial charge on any atom is 0.421 e. The van der Waals surface area contributed by atoms with E-state index in [4.69, 9.17) is 37.9 Å². The minimum Gasteiger partial charge on any atom is -0.456 e. The van der Waals surface area contributed by atoms with E-state index in [0.29, 0.717) is 28.6 Å². The number of hydrogen-bond acceptors (Lipinski definition) is 17. The molecule has 65 heavy (non-hydrogen) atoms. The van der Waals surface area contributed by atoms with Gasteiger partial charge in [0.1, 0.15) is 42.7 Å². The number of carbonyl (C=O) groups is 6. The van der Waals surface area contributed by atoms with E-state index in [2.05, 4.69) is 14.7 Å². The third-order valence-electron chi connectivity index (χ3n) is 14.8. The Bertz CT molecular complexity index is 1950. The normalized spacial score (nSPS) is 35.9. The van der Waals surface area contributed by atoms with Gasteiger partial charge < -0.3 is 42.8 Å². The van der Waals surface area contributed by atoms with Crippen LogP contribution in [0.3, 0.4) is 0 Å². The zero-order valence-electron chi connectivity index (χ0n) is 39.0. The van der Waals surface area contributed by atoms with E-state index in [1.807, 2.05) is 59.3 Å². The van der Waals surface area contributed by atoms with Crippen LogP contribution in [0.25, 0.3) is 0 Å². The number of methoxy groups -OCH3 is 1. The monoisotopic (exact) mass is 911 g/mol. The molecule has 3 unspecified atom stereocenters. The van der Waals surface area contributed by atoms with Crippen LogP contribution in [0.1, 0.15) is 40.5 Å². The first-order valence-electron chi connectivity index (χ1n) is 23.0. The van der Waals surface area contributed by atoms with E-state index in [0.717, 1.165) is 52.4 Å². The number of carbonyl (C=O) groups excluding carboxylic acids is 6. The van der Waals surface area contributed by atoms with Crippen LogP contribution in [0.4, 0.5) is 0 Å². The van der Waals surface area contributed by atoms with Crippen LogP contribution in [0.5, 0.6) is 0 Å². The van der Waals surface area contributed by atoms with Gasteiger partial charge in [-0.3, -0.25) is 14.3 Å². The number of rotatable bonds is 11. The van der Waals surface area contributed by atoms with Crippen molar-refractivity contribution in [2.45, 2.75) is 82.8 Å². The number of quaternary nitrogens is 1. The maximum atomic E-state index is 14.0. The molecule has 3 aliphatic carbocycles. The van der Waals surface area contributed by atoms with E-state index in [9.17, 15) is 28.8 Å². The molecule has 358 valence electrons. The number of piperazine rings is 2. The Morgan fingerprint density at radius 3 is 2.28 bits per heavy atom. The predicted molar refractivity (Wildman–Crippen MR) is 231 cm³/mol. The number of allylic oxidation sites excluding steroid dienone is 3. The second-order valence-electron chi connectivity index (χ2n) is 19.3. The van der Waals surface area contributed by atoms with Gasteiger partial charge in [-0.1, -0.05) is 50.3 Å². The minimum absolute atomic E-state index is 0.00138. The van der Waals surface area contributed by atoms with E-state index < -0.39 is 108 Å². The molecule has 7 aliphatic rings. The van der Waals surface area contributed by atoms with Gasteiger partial charge in [-0.05, 0) is 46.4 Å². The lowest BCUT2D eigenvalue weighted by Crippen LogP contribution is -2.59. The van der Waals surface area contributed by atoms with Crippen LogP contribution in [0, 0.1) is 29.6 Å². The molecule has 3 saturated heterocycles. The number of esters is 6. The summed E-state index contributed by atoms with van der Waals surface area (Å²) in [5.74, 6) is -8.82. The smallest absolute Gasteiger partial charge is 0.421 e. The van der Waals surface area contributed by atoms with Gasteiger partial charge in [-0.25, -0.2) is 28.8 Å². The summed E-state index contributed by atoms with van der Waals surface area (Å²) in [6.07, 6.45) is 5.64. The number of nitrogens with zero attached hydrogens (tertiary/aromatic N) is 4. The van der Waals surface area contributed by atoms with Crippen LogP contribution >= 0.6 is 0 Å². The first kappa shape index (κ1) is 48.5. The maximum absolute atomic E-state index is 14.0. The molecule has 12 atom stereocenters. The van der Waals surface area contributed by atoms with Crippen molar-refractivity contribution < 1.29 is 71.1 Å². The van der Waals surface area contributed by atoms with Crippen LogP contribution in [-0.2, 0) is 66.7 Å². The van der Waals surface area contributed by atoms with Gasteiger partial charge in [-0.2, -0.15) is 0 Å². The number of hydrogen-bond donors (Lipinski definition) is 0. The molecular weight excluding hydrogens is 845 g/mol. The van der Waals surface area contributed by atoms with Gasteiger partial charge in [0.25, 0.3) is 0 Å². The summed E-state index contributed by atoms with van der Waals surface area (Å²) in [5.41, 5.74) is -0.120. The number of cyclic esters (lactones) is 1. The Balaban J connectivity index is 1.15. The van der Waals surface area contributed by atoms with Crippen molar-refractivity contribution in [3.05, 3.63) is 47.6 Å². The van der Waals surface area contributed by atoms with Crippen LogP contribution < -0.4 is 0 Å². The Morgan fingerprint density at radius 1 is 0.908 bits per heavy atom. The molecule has 0 N–H and O–H groups in total. The van der Waals surface area contributed by atoms with Crippen molar-refractivity contribution in [3.8, 4) is 0 Å². The first-order valence-corrected chi connectivity index (χ1v) is 23.0. The summed E-state index contributed by atoms with van der Waals surface area (Å²) in [4.78, 5) is 87.5. The second-order valence-corrected chi connectivity index (χ2v) is 19.3. The van der Waals surface area contributed by atoms with Crippen molar-refractivity contribution in [1.82, 2.24) is 14.7 Å². The zero-order valence-corrected chi connectivity index (χ0v) is 39.0. The SMILES string of the molecule is CO[C@H]1C[C@H]2C=CC3C4C(OC(=O)C(=O)OC[N+]5(C)CCN(C)CC5)[C@@H](C)[C@@H](OC(=O)C5=CC=CC5)[C@@H]3O[C@]42/C(C)=C/[C@@H](C)[C@@H]([C@@H](C)OC(=O)C(=O)OCCN2CCN(C)CC2)OC1=O. The topological polar surface area (TPSA) is 186 Å². The van der Waals surface area contributed by atoms with E-state index in [1.54, 1.807) is 19.1 Å². The molecule has 0 aromatic carbocycles. The molecule has 0 radical (unpaired) electrons. The molecule has 7 rings (SSSR count). The average molecular weight is 912 g/mol. The Labute approximate surface area is 381 Å². The van der Waals surface area contributed by atoms with Crippen molar-refractivity contribution in [3.63, 3.8) is 0 Å². The highest BCUT2D eigenvalue weighted by Crippen LogP contribution is 2.62. The van der Waals surface area contributed by atoms with Gasteiger partial charge in [0.05, 0.1) is 20.1 Å². The third-order valence-corrected chi connectivity index (χ3v) is 14.8. The summed E-state index contributed by atoms with van der Waals surface area (Å²) >= 11 is 0. The van der Waals surface area contributed by atoms with Gasteiger partial charge in [0, 0.05) is 88.1 Å². The van der Waals surface area contributed by atoms with Gasteiger partial charge in [0.2, 0.25) is 6.73 Å². The van der Waals surface area contributed by atoms with E-state index in [1.165, 1.54) is 14.0 Å². The van der Waals surface area contributed by atoms with E-state index >= 15 is 0 Å². The summed E-state index contributed by atoms with van der Waals surface area (Å²) in [6, 6.07) is 0. The molecule has 0 aromatic rings. The highest BCUT2D eigenvalue weighted by Gasteiger charge is 2.70. The molecule has 0 aromatic heterocycles. The lowest BCUT2D eigenvalue weighted by molar-refractivity contribution is -0.929. The molecule has 18 nitrogen and oxygen atoms in total. The first-order chi connectivity index (χ1) is 30.9. The fourth-order valence-corrected chi connectivity index (χ4v) is 10.7. The molecule has 18 heteroatoms. The van der Waals surface area contributed by atoms with Crippen LogP contribution in [-0.4, -0.2) is 198 Å². The fraction of sp³-hybridized carbons (Fsp3) is 0.702. The summed E-state index contributed by atoms with van der Waals surface area (Å²) in [7, 11) is 7.44. The third kappa shape index (κ3) is 10.3. The van der Waals surface area contributed by atoms with Crippen LogP contribution in [0.15, 0.2) is 47.6 Å². The highest BCUT2D eigenvalue weighted by atomic mass is 16.6. The molecular formula is C47H67N4O14+. The zero-order chi connectivity index (χ0) is 46.8. The average Bonchev–Trinajstić information content (AvgIpc) is 3.89. The highest BCUT2D eigenvalue weighted by molar-refractivity contribution is 6.30. The Morgan fingerprint density at radius 2 is 1.60 bits per heavy atom. The van der Waals surface area contributed by atoms with Crippen molar-refractivity contribution >= 4 is 35.8 Å². The number of likely N-dealkylation sites (N-methyl/N-ethyl adjacent to an activating group) is 3. The lowest BCUT2D eigenvalue weighted by Gasteiger charge is -2.49. The van der Waals surface area contributed by atoms with E-state index in [-0.39, 0.29) is 19.8 Å². The molecule has 4 fully saturated rings. The second kappa shape index (κ2) is 20.2. The van der Waals surface area contributed by atoms with Crippen molar-refractivity contribution in [2.75, 3.05) is 100 Å². The molecule has 0 amide bonds. The van der Waals surface area contributed by atoms with Crippen LogP contribution in [0.2, 0.25) is 0 Å².